The van der Waals surface area contributed by atoms with Gasteiger partial charge in [0.25, 0.3) is 0 Å². The highest BCUT2D eigenvalue weighted by atomic mass is 16.5. The molecule has 0 bridgehead atoms. The minimum atomic E-state index is -0.971. The molecular weight excluding hydrogens is 374 g/mol. The number of carboxylic acids is 2. The van der Waals surface area contributed by atoms with Crippen LogP contribution in [-0.4, -0.2) is 40.7 Å². The number of benzene rings is 1. The molecule has 1 aromatic rings. The highest BCUT2D eigenvalue weighted by Crippen LogP contribution is 2.14. The zero-order valence-corrected chi connectivity index (χ0v) is 17.2. The second kappa shape index (κ2) is 14.4. The normalized spacial score (nSPS) is 11.6. The van der Waals surface area contributed by atoms with E-state index in [1.165, 1.54) is 12.1 Å². The summed E-state index contributed by atoms with van der Waals surface area (Å²) in [5.74, 6) is -1.42. The smallest absolute Gasteiger partial charge is 0.335 e. The molecular formula is C22H33NO6. The first-order chi connectivity index (χ1) is 13.9. The number of unbranched alkanes of at least 4 members (excludes halogenated alkanes) is 6. The highest BCUT2D eigenvalue weighted by Gasteiger charge is 2.18. The Kier molecular flexibility index (Phi) is 12.2. The summed E-state index contributed by atoms with van der Waals surface area (Å²) >= 11 is 0. The lowest BCUT2D eigenvalue weighted by molar-refractivity contribution is -0.142. The van der Waals surface area contributed by atoms with E-state index < -0.39 is 18.0 Å². The quantitative estimate of drug-likeness (QED) is 0.353. The van der Waals surface area contributed by atoms with E-state index in [1.54, 1.807) is 12.1 Å². The van der Waals surface area contributed by atoms with Crippen LogP contribution in [0.15, 0.2) is 24.3 Å². The maximum absolute atomic E-state index is 11.8. The fourth-order valence-electron chi connectivity index (χ4n) is 2.97. The molecule has 0 radical (unpaired) electrons. The lowest BCUT2D eigenvalue weighted by Gasteiger charge is -2.13. The predicted octanol–water partition coefficient (Wildman–Crippen LogP) is 4.25. The second-order valence-corrected chi connectivity index (χ2v) is 7.15. The van der Waals surface area contributed by atoms with E-state index >= 15 is 0 Å². The number of hydrogen-bond donors (Lipinski definition) is 3. The summed E-state index contributed by atoms with van der Waals surface area (Å²) in [6, 6.07) is 5.62. The summed E-state index contributed by atoms with van der Waals surface area (Å²) in [5, 5.41) is 20.5. The molecule has 1 rings (SSSR count). The summed E-state index contributed by atoms with van der Waals surface area (Å²) in [5.41, 5.74) is 0.248. The Morgan fingerprint density at radius 1 is 0.931 bits per heavy atom. The van der Waals surface area contributed by atoms with Crippen LogP contribution in [-0.2, 0) is 9.59 Å². The van der Waals surface area contributed by atoms with Crippen molar-refractivity contribution in [2.24, 2.45) is 0 Å². The van der Waals surface area contributed by atoms with Gasteiger partial charge >= 0.3 is 11.9 Å². The molecule has 0 aliphatic heterocycles. The van der Waals surface area contributed by atoms with Gasteiger partial charge in [-0.3, -0.25) is 4.79 Å². The topological polar surface area (TPSA) is 113 Å². The van der Waals surface area contributed by atoms with Gasteiger partial charge in [0.1, 0.15) is 11.8 Å². The maximum Gasteiger partial charge on any atom is 0.335 e. The van der Waals surface area contributed by atoms with Crippen LogP contribution in [0.1, 0.15) is 81.5 Å². The van der Waals surface area contributed by atoms with Gasteiger partial charge < -0.3 is 20.3 Å². The third-order valence-corrected chi connectivity index (χ3v) is 4.63. The summed E-state index contributed by atoms with van der Waals surface area (Å²) in [6.45, 7) is 2.50. The van der Waals surface area contributed by atoms with Crippen LogP contribution in [0.4, 0.5) is 0 Å². The number of rotatable bonds is 16. The van der Waals surface area contributed by atoms with Crippen LogP contribution in [0.5, 0.6) is 5.75 Å². The maximum atomic E-state index is 11.8. The molecule has 1 amide bonds. The van der Waals surface area contributed by atoms with Gasteiger partial charge in [-0.05, 0) is 43.5 Å². The van der Waals surface area contributed by atoms with E-state index in [4.69, 9.17) is 14.9 Å². The SMILES string of the molecule is CCC[C@H](NC(=O)CCCCCCCCCOc1ccc(C(=O)O)cc1)C(=O)O. The Labute approximate surface area is 172 Å². The summed E-state index contributed by atoms with van der Waals surface area (Å²) < 4.78 is 5.60. The number of hydrogen-bond acceptors (Lipinski definition) is 4. The molecule has 0 aliphatic carbocycles. The van der Waals surface area contributed by atoms with Crippen molar-refractivity contribution in [3.63, 3.8) is 0 Å². The number of ether oxygens (including phenoxy) is 1. The molecule has 7 heteroatoms. The molecule has 0 saturated heterocycles. The Morgan fingerprint density at radius 3 is 2.07 bits per heavy atom. The van der Waals surface area contributed by atoms with E-state index in [1.807, 2.05) is 6.92 Å². The number of aliphatic carboxylic acids is 1. The minimum absolute atomic E-state index is 0.181. The van der Waals surface area contributed by atoms with E-state index in [2.05, 4.69) is 5.32 Å². The first-order valence-corrected chi connectivity index (χ1v) is 10.4. The number of aromatic carboxylic acids is 1. The first-order valence-electron chi connectivity index (χ1n) is 10.4. The summed E-state index contributed by atoms with van der Waals surface area (Å²) in [4.78, 5) is 33.6. The van der Waals surface area contributed by atoms with Crippen LogP contribution in [0.2, 0.25) is 0 Å². The van der Waals surface area contributed by atoms with Crippen molar-refractivity contribution in [3.8, 4) is 5.75 Å². The van der Waals surface area contributed by atoms with Crippen LogP contribution in [0.25, 0.3) is 0 Å². The summed E-state index contributed by atoms with van der Waals surface area (Å²) in [7, 11) is 0. The molecule has 1 aromatic carbocycles. The van der Waals surface area contributed by atoms with Gasteiger partial charge in [-0.15, -0.1) is 0 Å². The van der Waals surface area contributed by atoms with Crippen LogP contribution >= 0.6 is 0 Å². The standard InChI is InChI=1S/C22H33NO6/c1-2-10-19(22(27)28)23-20(24)11-8-6-4-3-5-7-9-16-29-18-14-12-17(13-15-18)21(25)26/h12-15,19H,2-11,16H2,1H3,(H,23,24)(H,25,26)(H,27,28)/t19-/m0/s1. The Hall–Kier alpha value is -2.57. The van der Waals surface area contributed by atoms with Crippen molar-refractivity contribution in [1.82, 2.24) is 5.32 Å². The van der Waals surface area contributed by atoms with E-state index in [9.17, 15) is 14.4 Å². The first kappa shape index (κ1) is 24.5. The molecule has 0 saturated carbocycles. The third kappa shape index (κ3) is 11.1. The van der Waals surface area contributed by atoms with Crippen molar-refractivity contribution < 1.29 is 29.3 Å². The Bertz CT molecular complexity index is 629. The van der Waals surface area contributed by atoms with Gasteiger partial charge in [0, 0.05) is 6.42 Å². The van der Waals surface area contributed by atoms with Gasteiger partial charge in [0.05, 0.1) is 12.2 Å². The molecule has 0 aliphatic rings. The monoisotopic (exact) mass is 407 g/mol. The van der Waals surface area contributed by atoms with E-state index in [0.29, 0.717) is 25.2 Å². The fraction of sp³-hybridized carbons (Fsp3) is 0.591. The van der Waals surface area contributed by atoms with Crippen molar-refractivity contribution in [3.05, 3.63) is 29.8 Å². The van der Waals surface area contributed by atoms with E-state index in [-0.39, 0.29) is 11.5 Å². The second-order valence-electron chi connectivity index (χ2n) is 7.15. The average molecular weight is 408 g/mol. The molecule has 162 valence electrons. The molecule has 0 heterocycles. The molecule has 7 nitrogen and oxygen atoms in total. The lowest BCUT2D eigenvalue weighted by Crippen LogP contribution is -2.40. The highest BCUT2D eigenvalue weighted by molar-refractivity contribution is 5.87. The molecule has 1 atom stereocenters. The number of carbonyl (C=O) groups is 3. The zero-order valence-electron chi connectivity index (χ0n) is 17.2. The van der Waals surface area contributed by atoms with Crippen molar-refractivity contribution >= 4 is 17.8 Å². The largest absolute Gasteiger partial charge is 0.494 e. The molecule has 0 unspecified atom stereocenters. The van der Waals surface area contributed by atoms with Gasteiger partial charge in [-0.2, -0.15) is 0 Å². The number of nitrogens with one attached hydrogen (secondary N) is 1. The lowest BCUT2D eigenvalue weighted by atomic mass is 10.1. The van der Waals surface area contributed by atoms with E-state index in [0.717, 1.165) is 51.4 Å². The molecule has 0 aromatic heterocycles. The minimum Gasteiger partial charge on any atom is -0.494 e. The van der Waals surface area contributed by atoms with Gasteiger partial charge in [0.15, 0.2) is 0 Å². The zero-order chi connectivity index (χ0) is 21.5. The fourth-order valence-corrected chi connectivity index (χ4v) is 2.97. The van der Waals surface area contributed by atoms with Crippen molar-refractivity contribution in [1.29, 1.82) is 0 Å². The Balaban J connectivity index is 1.98. The van der Waals surface area contributed by atoms with Crippen LogP contribution in [0.3, 0.4) is 0 Å². The van der Waals surface area contributed by atoms with Gasteiger partial charge in [0.2, 0.25) is 5.91 Å². The average Bonchev–Trinajstić information content (AvgIpc) is 2.69. The van der Waals surface area contributed by atoms with Crippen LogP contribution < -0.4 is 10.1 Å². The molecule has 29 heavy (non-hydrogen) atoms. The van der Waals surface area contributed by atoms with Crippen molar-refractivity contribution in [2.75, 3.05) is 6.61 Å². The molecule has 0 spiro atoms. The summed E-state index contributed by atoms with van der Waals surface area (Å²) in [6.07, 6.45) is 8.56. The number of carboxylic acid groups (broad SMARTS) is 2. The third-order valence-electron chi connectivity index (χ3n) is 4.63. The Morgan fingerprint density at radius 2 is 1.52 bits per heavy atom. The molecule has 0 fully saturated rings. The van der Waals surface area contributed by atoms with Gasteiger partial charge in [-0.25, -0.2) is 9.59 Å². The van der Waals surface area contributed by atoms with Crippen molar-refractivity contribution in [2.45, 2.75) is 77.2 Å². The molecule has 3 N–H and O–H groups in total. The van der Waals surface area contributed by atoms with Gasteiger partial charge in [-0.1, -0.05) is 45.4 Å². The number of carbonyl (C=O) groups excluding carboxylic acids is 1. The number of amides is 1. The predicted molar refractivity (Wildman–Crippen MR) is 110 cm³/mol. The van der Waals surface area contributed by atoms with Crippen LogP contribution in [0, 0.1) is 0 Å².